The Kier molecular flexibility index (Phi) is 18.5. The molecule has 1 rings (SSSR count). The van der Waals surface area contributed by atoms with Crippen molar-refractivity contribution in [3.05, 3.63) is 24.3 Å². The zero-order valence-electron chi connectivity index (χ0n) is 35.5. The van der Waals surface area contributed by atoms with Crippen molar-refractivity contribution in [3.63, 3.8) is 0 Å². The van der Waals surface area contributed by atoms with Crippen molar-refractivity contribution >= 4 is 30.9 Å². The molecule has 1 unspecified atom stereocenters. The average Bonchev–Trinajstić information content (AvgIpc) is 3.24. The van der Waals surface area contributed by atoms with Gasteiger partial charge >= 0.3 is 5.97 Å². The molecule has 0 spiro atoms. The number of esters is 1. The molecule has 1 saturated carbocycles. The number of carbonyl (C=O) groups is 1. The average molecular weight is 739 g/mol. The summed E-state index contributed by atoms with van der Waals surface area (Å²) in [4.78, 5) is 11.7. The van der Waals surface area contributed by atoms with Crippen molar-refractivity contribution in [3.8, 4) is 0 Å². The first-order valence-electron chi connectivity index (χ1n) is 19.7. The number of allylic oxidation sites excluding steroid dienone is 2. The summed E-state index contributed by atoms with van der Waals surface area (Å²) in [7, 11) is -4.60. The van der Waals surface area contributed by atoms with Crippen LogP contribution in [-0.2, 0) is 22.8 Å². The summed E-state index contributed by atoms with van der Waals surface area (Å²) < 4.78 is 26.7. The van der Waals surface area contributed by atoms with Crippen LogP contribution in [0.4, 0.5) is 0 Å². The van der Waals surface area contributed by atoms with Crippen molar-refractivity contribution in [2.75, 3.05) is 7.11 Å². The second kappa shape index (κ2) is 19.5. The van der Waals surface area contributed by atoms with Crippen molar-refractivity contribution in [1.29, 1.82) is 0 Å². The zero-order valence-corrected chi connectivity index (χ0v) is 38.5. The lowest BCUT2D eigenvalue weighted by Crippen LogP contribution is -2.45. The third-order valence-electron chi connectivity index (χ3n) is 12.3. The van der Waals surface area contributed by atoms with Gasteiger partial charge in [-0.1, -0.05) is 119 Å². The number of unbranched alkanes of at least 4 members (excludes halogenated alkanes) is 5. The number of carbonyl (C=O) groups excluding carboxylic acids is 1. The summed E-state index contributed by atoms with van der Waals surface area (Å²) in [5.74, 6) is 0.494. The molecule has 0 N–H and O–H groups in total. The van der Waals surface area contributed by atoms with E-state index in [0.717, 1.165) is 44.9 Å². The second-order valence-corrected chi connectivity index (χ2v) is 33.8. The van der Waals surface area contributed by atoms with Gasteiger partial charge in [0.05, 0.1) is 25.4 Å². The van der Waals surface area contributed by atoms with Gasteiger partial charge in [0.1, 0.15) is 0 Å². The van der Waals surface area contributed by atoms with Gasteiger partial charge in [-0.2, -0.15) is 0 Å². The van der Waals surface area contributed by atoms with Crippen LogP contribution in [-0.4, -0.2) is 56.3 Å². The summed E-state index contributed by atoms with van der Waals surface area (Å²) in [5, 5.41) is 0.401. The minimum Gasteiger partial charge on any atom is -0.469 e. The van der Waals surface area contributed by atoms with Gasteiger partial charge < -0.3 is 18.0 Å². The van der Waals surface area contributed by atoms with Crippen molar-refractivity contribution in [2.45, 2.75) is 213 Å². The molecule has 5 atom stereocenters. The standard InChI is InChI=1S/C41H82O5Si3/c1-18-19-20-21-22-25-28-34-35(31-30-33(44-47(12,13)39(2,3)4)27-24-23-26-29-38(42)43-11)37(46-49(16,17)41(8,9)10)32-36(34)45-48(14,15)40(5,6)7/h22,25,30-31,33-37H,18-21,23-24,26-29,32H2,1-17H3/b25-22-,31-30+/t33?,34-,35+,36-,37+/m0/s1. The Balaban J connectivity index is 3.59. The van der Waals surface area contributed by atoms with E-state index in [-0.39, 0.29) is 45.3 Å². The predicted molar refractivity (Wildman–Crippen MR) is 220 cm³/mol. The molecular formula is C41H82O5Si3. The fourth-order valence-electron chi connectivity index (χ4n) is 5.81. The van der Waals surface area contributed by atoms with Crippen LogP contribution >= 0.6 is 0 Å². The van der Waals surface area contributed by atoms with Gasteiger partial charge in [-0.15, -0.1) is 0 Å². The molecule has 0 aromatic heterocycles. The van der Waals surface area contributed by atoms with Crippen LogP contribution in [0.5, 0.6) is 0 Å². The van der Waals surface area contributed by atoms with Crippen LogP contribution < -0.4 is 0 Å². The first kappa shape index (κ1) is 46.5. The minimum atomic E-state index is -2.04. The Bertz CT molecular complexity index is 1030. The molecule has 0 aliphatic heterocycles. The lowest BCUT2D eigenvalue weighted by molar-refractivity contribution is -0.140. The summed E-state index contributed by atoms with van der Waals surface area (Å²) in [6.45, 7) is 37.7. The molecule has 1 aliphatic rings. The van der Waals surface area contributed by atoms with E-state index in [1.807, 2.05) is 0 Å². The summed E-state index contributed by atoms with van der Waals surface area (Å²) in [5.41, 5.74) is 0. The second-order valence-electron chi connectivity index (χ2n) is 19.5. The highest BCUT2D eigenvalue weighted by atomic mass is 28.4. The summed E-state index contributed by atoms with van der Waals surface area (Å²) in [6, 6.07) is 0. The maximum absolute atomic E-state index is 11.7. The molecular weight excluding hydrogens is 657 g/mol. The highest BCUT2D eigenvalue weighted by Gasteiger charge is 2.50. The Morgan fingerprint density at radius 1 is 0.735 bits per heavy atom. The molecule has 49 heavy (non-hydrogen) atoms. The van der Waals surface area contributed by atoms with Gasteiger partial charge in [0.15, 0.2) is 25.0 Å². The third-order valence-corrected chi connectivity index (χ3v) is 25.8. The molecule has 0 heterocycles. The lowest BCUT2D eigenvalue weighted by atomic mass is 9.89. The molecule has 0 aromatic carbocycles. The monoisotopic (exact) mass is 739 g/mol. The topological polar surface area (TPSA) is 54.0 Å². The molecule has 8 heteroatoms. The molecule has 0 radical (unpaired) electrons. The summed E-state index contributed by atoms with van der Waals surface area (Å²) >= 11 is 0. The highest BCUT2D eigenvalue weighted by molar-refractivity contribution is 6.75. The molecule has 5 nitrogen and oxygen atoms in total. The molecule has 0 amide bonds. The normalized spacial score (nSPS) is 22.4. The number of rotatable bonds is 20. The molecule has 0 saturated heterocycles. The van der Waals surface area contributed by atoms with E-state index in [2.05, 4.69) is 133 Å². The van der Waals surface area contributed by atoms with Crippen LogP contribution in [0.2, 0.25) is 54.4 Å². The number of hydrogen-bond acceptors (Lipinski definition) is 5. The minimum absolute atomic E-state index is 0.0399. The van der Waals surface area contributed by atoms with Crippen molar-refractivity contribution in [1.82, 2.24) is 0 Å². The Morgan fingerprint density at radius 3 is 1.80 bits per heavy atom. The van der Waals surface area contributed by atoms with Crippen LogP contribution in [0.3, 0.4) is 0 Å². The van der Waals surface area contributed by atoms with Gasteiger partial charge in [-0.25, -0.2) is 0 Å². The van der Waals surface area contributed by atoms with E-state index < -0.39 is 25.0 Å². The van der Waals surface area contributed by atoms with Gasteiger partial charge in [-0.3, -0.25) is 4.79 Å². The largest absolute Gasteiger partial charge is 0.469 e. The smallest absolute Gasteiger partial charge is 0.305 e. The molecule has 1 aliphatic carbocycles. The third kappa shape index (κ3) is 15.2. The van der Waals surface area contributed by atoms with Crippen LogP contribution in [0.15, 0.2) is 24.3 Å². The van der Waals surface area contributed by atoms with E-state index in [1.54, 1.807) is 0 Å². The van der Waals surface area contributed by atoms with Crippen LogP contribution in [0, 0.1) is 11.8 Å². The van der Waals surface area contributed by atoms with Gasteiger partial charge in [0.25, 0.3) is 0 Å². The van der Waals surface area contributed by atoms with Gasteiger partial charge in [0.2, 0.25) is 0 Å². The number of hydrogen-bond donors (Lipinski definition) is 0. The SMILES string of the molecule is CCCCC/C=C\C[C@H]1[C@@H](/C=C/C(CCCCCC(=O)OC)O[Si](C)(C)C(C)(C)C)[C@H](O[Si](C)(C)C(C)(C)C)C[C@@H]1O[Si](C)(C)C(C)(C)C. The van der Waals surface area contributed by atoms with E-state index in [4.69, 9.17) is 18.0 Å². The predicted octanol–water partition coefficient (Wildman–Crippen LogP) is 13.0. The number of methoxy groups -OCH3 is 1. The number of ether oxygens (including phenoxy) is 1. The van der Waals surface area contributed by atoms with Crippen molar-refractivity contribution in [2.24, 2.45) is 11.8 Å². The van der Waals surface area contributed by atoms with Crippen molar-refractivity contribution < 1.29 is 22.8 Å². The maximum Gasteiger partial charge on any atom is 0.305 e. The van der Waals surface area contributed by atoms with Crippen LogP contribution in [0.25, 0.3) is 0 Å². The molecule has 0 bridgehead atoms. The Labute approximate surface area is 308 Å². The van der Waals surface area contributed by atoms with E-state index in [9.17, 15) is 4.79 Å². The molecule has 1 fully saturated rings. The molecule has 0 aromatic rings. The van der Waals surface area contributed by atoms with Gasteiger partial charge in [0, 0.05) is 12.3 Å². The Hall–Kier alpha value is -0.519. The van der Waals surface area contributed by atoms with E-state index in [0.29, 0.717) is 12.3 Å². The first-order chi connectivity index (χ1) is 22.3. The van der Waals surface area contributed by atoms with Gasteiger partial charge in [-0.05, 0) is 98.8 Å². The maximum atomic E-state index is 11.7. The Morgan fingerprint density at radius 2 is 1.29 bits per heavy atom. The quantitative estimate of drug-likeness (QED) is 0.0539. The fourth-order valence-corrected chi connectivity index (χ4v) is 9.86. The lowest BCUT2D eigenvalue weighted by Gasteiger charge is -2.40. The highest BCUT2D eigenvalue weighted by Crippen LogP contribution is 2.48. The molecule has 288 valence electrons. The first-order valence-corrected chi connectivity index (χ1v) is 28.5. The zero-order chi connectivity index (χ0) is 37.9. The summed E-state index contributed by atoms with van der Waals surface area (Å²) in [6.07, 6.45) is 21.3. The van der Waals surface area contributed by atoms with Crippen LogP contribution in [0.1, 0.15) is 140 Å². The van der Waals surface area contributed by atoms with E-state index >= 15 is 0 Å². The fraction of sp³-hybridized carbons (Fsp3) is 0.878. The van der Waals surface area contributed by atoms with E-state index in [1.165, 1.54) is 26.4 Å².